The zero-order chi connectivity index (χ0) is 22.9. The van der Waals surface area contributed by atoms with Gasteiger partial charge in [0.15, 0.2) is 15.8 Å². The molecule has 0 spiro atoms. The molecule has 0 saturated carbocycles. The van der Waals surface area contributed by atoms with Crippen molar-refractivity contribution in [3.8, 4) is 0 Å². The third-order valence-corrected chi connectivity index (χ3v) is 5.41. The fourth-order valence-electron chi connectivity index (χ4n) is 3.01. The van der Waals surface area contributed by atoms with Crippen LogP contribution in [0, 0.1) is 5.82 Å². The summed E-state index contributed by atoms with van der Waals surface area (Å²) in [5, 5.41) is 6.09. The fraction of sp³-hybridized carbons (Fsp3) is 0.364. The average molecular weight is 576 g/mol. The lowest BCUT2D eigenvalue weighted by Crippen LogP contribution is -2.39. The van der Waals surface area contributed by atoms with Gasteiger partial charge in [-0.3, -0.25) is 9.79 Å². The number of aliphatic imine (C=N–C) groups is 1. The molecule has 0 aliphatic carbocycles. The van der Waals surface area contributed by atoms with Gasteiger partial charge in [0, 0.05) is 46.4 Å². The number of guanidine groups is 1. The van der Waals surface area contributed by atoms with E-state index in [1.54, 1.807) is 19.0 Å². The van der Waals surface area contributed by atoms with Crippen LogP contribution < -0.4 is 10.6 Å². The smallest absolute Gasteiger partial charge is 0.224 e. The van der Waals surface area contributed by atoms with Crippen LogP contribution in [0.4, 0.5) is 4.39 Å². The maximum absolute atomic E-state index is 13.6. The van der Waals surface area contributed by atoms with Crippen LogP contribution in [0.3, 0.4) is 0 Å². The van der Waals surface area contributed by atoms with Crippen LogP contribution in [0.5, 0.6) is 0 Å². The Labute approximate surface area is 206 Å². The first-order valence-electron chi connectivity index (χ1n) is 9.85. The van der Waals surface area contributed by atoms with E-state index >= 15 is 0 Å². The molecule has 0 heterocycles. The number of halogens is 2. The Bertz CT molecular complexity index is 1020. The maximum atomic E-state index is 13.6. The van der Waals surface area contributed by atoms with Gasteiger partial charge in [-0.25, -0.2) is 12.8 Å². The highest BCUT2D eigenvalue weighted by atomic mass is 127. The van der Waals surface area contributed by atoms with Gasteiger partial charge < -0.3 is 15.5 Å². The normalized spacial score (nSPS) is 11.4. The zero-order valence-corrected chi connectivity index (χ0v) is 21.6. The highest BCUT2D eigenvalue weighted by Crippen LogP contribution is 2.14. The summed E-state index contributed by atoms with van der Waals surface area (Å²) in [6, 6.07) is 13.8. The first-order chi connectivity index (χ1) is 14.7. The van der Waals surface area contributed by atoms with E-state index in [1.807, 2.05) is 30.3 Å². The molecule has 2 rings (SSSR count). The fourth-order valence-corrected chi connectivity index (χ4v) is 3.85. The molecule has 0 atom stereocenters. The van der Waals surface area contributed by atoms with E-state index in [9.17, 15) is 17.6 Å². The van der Waals surface area contributed by atoms with Crippen LogP contribution in [0.25, 0.3) is 0 Å². The molecule has 0 unspecified atom stereocenters. The molecule has 2 aromatic carbocycles. The molecule has 176 valence electrons. The third-order valence-electron chi connectivity index (χ3n) is 4.58. The molecule has 7 nitrogen and oxygen atoms in total. The van der Waals surface area contributed by atoms with E-state index < -0.39 is 15.7 Å². The SMILES string of the molecule is CN=C(NCCC(=O)N(C)Cc1ccccc1)NCc1cc(F)ccc1CS(C)(=O)=O.I. The van der Waals surface area contributed by atoms with Crippen molar-refractivity contribution in [2.45, 2.75) is 25.3 Å². The molecular weight excluding hydrogens is 546 g/mol. The summed E-state index contributed by atoms with van der Waals surface area (Å²) < 4.78 is 36.9. The van der Waals surface area contributed by atoms with E-state index in [1.165, 1.54) is 18.2 Å². The minimum atomic E-state index is -3.25. The second-order valence-electron chi connectivity index (χ2n) is 7.32. The summed E-state index contributed by atoms with van der Waals surface area (Å²) in [6.07, 6.45) is 1.42. The Morgan fingerprint density at radius 1 is 1.09 bits per heavy atom. The number of amides is 1. The number of hydrogen-bond acceptors (Lipinski definition) is 4. The van der Waals surface area contributed by atoms with Gasteiger partial charge in [-0.05, 0) is 28.8 Å². The molecule has 0 aliphatic rings. The number of hydrogen-bond donors (Lipinski definition) is 2. The number of benzene rings is 2. The number of carbonyl (C=O) groups is 1. The van der Waals surface area contributed by atoms with Crippen molar-refractivity contribution in [2.24, 2.45) is 4.99 Å². The van der Waals surface area contributed by atoms with E-state index in [-0.39, 0.29) is 48.6 Å². The summed E-state index contributed by atoms with van der Waals surface area (Å²) in [7, 11) is 0.0951. The number of nitrogens with zero attached hydrogens (tertiary/aromatic N) is 2. The third kappa shape index (κ3) is 9.94. The Kier molecular flexibility index (Phi) is 11.6. The summed E-state index contributed by atoms with van der Waals surface area (Å²) in [5.74, 6) is -0.178. The molecule has 2 N–H and O–H groups in total. The van der Waals surface area contributed by atoms with Gasteiger partial charge in [-0.1, -0.05) is 36.4 Å². The molecule has 0 fully saturated rings. The molecule has 2 aromatic rings. The molecule has 10 heteroatoms. The van der Waals surface area contributed by atoms with E-state index in [0.29, 0.717) is 30.2 Å². The molecule has 0 saturated heterocycles. The predicted octanol–water partition coefficient (Wildman–Crippen LogP) is 2.70. The monoisotopic (exact) mass is 576 g/mol. The lowest BCUT2D eigenvalue weighted by molar-refractivity contribution is -0.130. The van der Waals surface area contributed by atoms with Gasteiger partial charge in [0.1, 0.15) is 5.82 Å². The number of rotatable bonds is 9. The van der Waals surface area contributed by atoms with Crippen LogP contribution in [-0.4, -0.2) is 52.1 Å². The summed E-state index contributed by atoms with van der Waals surface area (Å²) in [5.41, 5.74) is 2.13. The van der Waals surface area contributed by atoms with E-state index in [4.69, 9.17) is 0 Å². The number of nitrogens with one attached hydrogen (secondary N) is 2. The second-order valence-corrected chi connectivity index (χ2v) is 9.46. The minimum Gasteiger partial charge on any atom is -0.356 e. The molecule has 0 bridgehead atoms. The van der Waals surface area contributed by atoms with Crippen LogP contribution in [0.2, 0.25) is 0 Å². The van der Waals surface area contributed by atoms with Gasteiger partial charge in [0.2, 0.25) is 5.91 Å². The quantitative estimate of drug-likeness (QED) is 0.272. The number of carbonyl (C=O) groups excluding carboxylic acids is 1. The highest BCUT2D eigenvalue weighted by Gasteiger charge is 2.12. The van der Waals surface area contributed by atoms with E-state index in [2.05, 4.69) is 15.6 Å². The van der Waals surface area contributed by atoms with Crippen LogP contribution in [0.1, 0.15) is 23.1 Å². The van der Waals surface area contributed by atoms with Crippen molar-refractivity contribution < 1.29 is 17.6 Å². The summed E-state index contributed by atoms with van der Waals surface area (Å²) in [6.45, 7) is 1.11. The number of sulfone groups is 1. The summed E-state index contributed by atoms with van der Waals surface area (Å²) >= 11 is 0. The predicted molar refractivity (Wildman–Crippen MR) is 136 cm³/mol. The topological polar surface area (TPSA) is 90.9 Å². The molecular formula is C22H30FIN4O3S. The second kappa shape index (κ2) is 13.4. The maximum Gasteiger partial charge on any atom is 0.224 e. The Morgan fingerprint density at radius 2 is 1.78 bits per heavy atom. The molecule has 0 aliphatic heterocycles. The Balaban J connectivity index is 0.00000512. The van der Waals surface area contributed by atoms with Crippen molar-refractivity contribution in [2.75, 3.05) is 26.9 Å². The highest BCUT2D eigenvalue weighted by molar-refractivity contribution is 14.0. The van der Waals surface area contributed by atoms with Crippen molar-refractivity contribution in [3.05, 3.63) is 71.0 Å². The first-order valence-corrected chi connectivity index (χ1v) is 11.9. The standard InChI is InChI=1S/C22H29FN4O3S.HI/c1-24-22(25-12-11-21(28)27(2)15-17-7-5-4-6-8-17)26-14-19-13-20(23)10-9-18(19)16-31(3,29)30;/h4-10,13H,11-12,14-16H2,1-3H3,(H2,24,25,26);1H. The lowest BCUT2D eigenvalue weighted by atomic mass is 10.1. The van der Waals surface area contributed by atoms with Gasteiger partial charge in [-0.2, -0.15) is 0 Å². The molecule has 0 aromatic heterocycles. The van der Waals surface area contributed by atoms with Crippen molar-refractivity contribution in [1.29, 1.82) is 0 Å². The van der Waals surface area contributed by atoms with Gasteiger partial charge >= 0.3 is 0 Å². The van der Waals surface area contributed by atoms with Crippen molar-refractivity contribution in [3.63, 3.8) is 0 Å². The first kappa shape index (κ1) is 27.8. The van der Waals surface area contributed by atoms with Crippen LogP contribution in [-0.2, 0) is 33.5 Å². The zero-order valence-electron chi connectivity index (χ0n) is 18.5. The van der Waals surface area contributed by atoms with Crippen molar-refractivity contribution >= 4 is 45.7 Å². The van der Waals surface area contributed by atoms with Crippen LogP contribution in [0.15, 0.2) is 53.5 Å². The van der Waals surface area contributed by atoms with Gasteiger partial charge in [0.25, 0.3) is 0 Å². The molecule has 1 amide bonds. The largest absolute Gasteiger partial charge is 0.356 e. The van der Waals surface area contributed by atoms with Crippen molar-refractivity contribution in [1.82, 2.24) is 15.5 Å². The minimum absolute atomic E-state index is 0. The van der Waals surface area contributed by atoms with Gasteiger partial charge in [-0.15, -0.1) is 24.0 Å². The van der Waals surface area contributed by atoms with E-state index in [0.717, 1.165) is 11.8 Å². The molecule has 0 radical (unpaired) electrons. The molecule has 32 heavy (non-hydrogen) atoms. The Hall–Kier alpha value is -2.21. The summed E-state index contributed by atoms with van der Waals surface area (Å²) in [4.78, 5) is 18.1. The average Bonchev–Trinajstić information content (AvgIpc) is 2.71. The van der Waals surface area contributed by atoms with Gasteiger partial charge in [0.05, 0.1) is 5.75 Å². The van der Waals surface area contributed by atoms with Crippen LogP contribution >= 0.6 is 24.0 Å². The Morgan fingerprint density at radius 3 is 2.41 bits per heavy atom. The lowest BCUT2D eigenvalue weighted by Gasteiger charge is -2.18.